The Bertz CT molecular complexity index is 1400. The Kier molecular flexibility index (Phi) is 5.34. The van der Waals surface area contributed by atoms with Crippen LogP contribution in [0.1, 0.15) is 55.7 Å². The van der Waals surface area contributed by atoms with Crippen molar-refractivity contribution in [2.75, 3.05) is 19.8 Å². The molecule has 6 rings (SSSR count). The van der Waals surface area contributed by atoms with Crippen molar-refractivity contribution in [2.45, 2.75) is 50.0 Å². The van der Waals surface area contributed by atoms with Crippen molar-refractivity contribution in [3.05, 3.63) is 53.6 Å². The number of H-pyrrole nitrogens is 1. The van der Waals surface area contributed by atoms with Gasteiger partial charge in [-0.15, -0.1) is 0 Å². The number of ether oxygens (including phenoxy) is 2. The van der Waals surface area contributed by atoms with Crippen LogP contribution in [0.5, 0.6) is 0 Å². The summed E-state index contributed by atoms with van der Waals surface area (Å²) in [6.07, 6.45) is 4.56. The van der Waals surface area contributed by atoms with Crippen molar-refractivity contribution in [2.24, 2.45) is 0 Å². The van der Waals surface area contributed by atoms with E-state index in [1.165, 1.54) is 12.1 Å². The van der Waals surface area contributed by atoms with Crippen molar-refractivity contribution >= 4 is 28.0 Å². The zero-order valence-corrected chi connectivity index (χ0v) is 19.5. The Balaban J connectivity index is 1.60. The Hall–Kier alpha value is -3.30. The fraction of sp³-hybridized carbons (Fsp3) is 0.423. The first kappa shape index (κ1) is 22.2. The normalized spacial score (nSPS) is 23.8. The second-order valence-corrected chi connectivity index (χ2v) is 9.74. The van der Waals surface area contributed by atoms with Crippen molar-refractivity contribution in [3.8, 4) is 5.69 Å². The number of pyridine rings is 1. The molecule has 2 aliphatic heterocycles. The molecule has 2 saturated heterocycles. The lowest BCUT2D eigenvalue weighted by Gasteiger charge is -2.35. The highest BCUT2D eigenvalue weighted by molar-refractivity contribution is 5.93. The second-order valence-electron chi connectivity index (χ2n) is 9.74. The van der Waals surface area contributed by atoms with Gasteiger partial charge in [-0.3, -0.25) is 5.10 Å². The van der Waals surface area contributed by atoms with E-state index >= 15 is 0 Å². The molecule has 9 heteroatoms. The number of fused-ring (bicyclic) bond motifs is 2. The number of aliphatic carboxylic acids is 1. The van der Waals surface area contributed by atoms with Gasteiger partial charge in [0.25, 0.3) is 0 Å². The lowest BCUT2D eigenvalue weighted by Crippen LogP contribution is -2.43. The number of nitrogens with zero attached hydrogens (tertiary/aromatic N) is 3. The minimum atomic E-state index is -1.19. The van der Waals surface area contributed by atoms with Gasteiger partial charge in [0, 0.05) is 47.4 Å². The molecule has 0 aliphatic carbocycles. The Morgan fingerprint density at radius 1 is 1.20 bits per heavy atom. The number of benzene rings is 1. The van der Waals surface area contributed by atoms with E-state index in [0.717, 1.165) is 46.2 Å². The van der Waals surface area contributed by atoms with E-state index < -0.39 is 11.6 Å². The first-order valence-electron chi connectivity index (χ1n) is 12.0. The molecular formula is C26H27FN4O4. The lowest BCUT2D eigenvalue weighted by atomic mass is 9.82. The number of carbonyl (C=O) groups is 1. The highest BCUT2D eigenvalue weighted by atomic mass is 19.1. The van der Waals surface area contributed by atoms with E-state index in [1.54, 1.807) is 25.3 Å². The van der Waals surface area contributed by atoms with Gasteiger partial charge in [0.05, 0.1) is 23.8 Å². The number of aromatic nitrogens is 4. The van der Waals surface area contributed by atoms with Crippen LogP contribution in [-0.2, 0) is 14.3 Å². The Morgan fingerprint density at radius 2 is 1.97 bits per heavy atom. The third kappa shape index (κ3) is 3.70. The molecule has 3 aromatic heterocycles. The molecule has 0 bridgehead atoms. The van der Waals surface area contributed by atoms with Crippen molar-refractivity contribution < 1.29 is 23.8 Å². The first-order chi connectivity index (χ1) is 16.9. The summed E-state index contributed by atoms with van der Waals surface area (Å²) < 4.78 is 27.7. The molecular weight excluding hydrogens is 451 g/mol. The Morgan fingerprint density at radius 3 is 2.66 bits per heavy atom. The van der Waals surface area contributed by atoms with Gasteiger partial charge < -0.3 is 19.1 Å². The lowest BCUT2D eigenvalue weighted by molar-refractivity contribution is -0.170. The van der Waals surface area contributed by atoms with E-state index in [-0.39, 0.29) is 17.7 Å². The molecule has 182 valence electrons. The minimum absolute atomic E-state index is 0.0164. The van der Waals surface area contributed by atoms with Gasteiger partial charge in [-0.25, -0.2) is 14.2 Å². The van der Waals surface area contributed by atoms with Crippen LogP contribution in [0.25, 0.3) is 27.8 Å². The quantitative estimate of drug-likeness (QED) is 0.442. The molecule has 0 radical (unpaired) electrons. The molecule has 2 aliphatic rings. The van der Waals surface area contributed by atoms with Crippen LogP contribution in [0.15, 0.2) is 36.5 Å². The van der Waals surface area contributed by atoms with Crippen LogP contribution in [0.2, 0.25) is 0 Å². The largest absolute Gasteiger partial charge is 0.479 e. The van der Waals surface area contributed by atoms with E-state index in [9.17, 15) is 14.3 Å². The van der Waals surface area contributed by atoms with Crippen molar-refractivity contribution in [1.82, 2.24) is 19.7 Å². The molecule has 0 spiro atoms. The van der Waals surface area contributed by atoms with Gasteiger partial charge in [-0.05, 0) is 62.9 Å². The molecule has 5 heterocycles. The fourth-order valence-electron chi connectivity index (χ4n) is 5.54. The number of carboxylic acid groups (broad SMARTS) is 1. The summed E-state index contributed by atoms with van der Waals surface area (Å²) >= 11 is 0. The standard InChI is InChI=1S/C26H27FN4O4/c1-26(25(32)33)9-6-16(14-35-26)21-22-20(12-17-13-28-30-24(17)29-22)31(19-4-2-18(27)3-5-19)23(21)15-7-10-34-11-8-15/h2-5,12-13,15-16H,6-11,14H2,1H3,(H,32,33)(H,28,29,30)/t16-,26+/m0/s1. The summed E-state index contributed by atoms with van der Waals surface area (Å²) in [4.78, 5) is 16.8. The van der Waals surface area contributed by atoms with Gasteiger partial charge >= 0.3 is 5.97 Å². The third-order valence-electron chi connectivity index (χ3n) is 7.55. The molecule has 1 aromatic carbocycles. The molecule has 2 N–H and O–H groups in total. The fourth-order valence-corrected chi connectivity index (χ4v) is 5.54. The van der Waals surface area contributed by atoms with Crippen LogP contribution in [0.4, 0.5) is 4.39 Å². The molecule has 0 saturated carbocycles. The summed E-state index contributed by atoms with van der Waals surface area (Å²) in [5, 5.41) is 17.7. The van der Waals surface area contributed by atoms with Gasteiger partial charge in [-0.2, -0.15) is 5.10 Å². The van der Waals surface area contributed by atoms with Crippen LogP contribution in [-0.4, -0.2) is 56.2 Å². The molecule has 35 heavy (non-hydrogen) atoms. The van der Waals surface area contributed by atoms with E-state index in [2.05, 4.69) is 20.8 Å². The maximum atomic E-state index is 13.9. The van der Waals surface area contributed by atoms with Crippen LogP contribution in [0, 0.1) is 5.82 Å². The average molecular weight is 479 g/mol. The van der Waals surface area contributed by atoms with E-state index in [1.807, 2.05) is 0 Å². The van der Waals surface area contributed by atoms with Crippen molar-refractivity contribution in [3.63, 3.8) is 0 Å². The van der Waals surface area contributed by atoms with E-state index in [0.29, 0.717) is 38.3 Å². The monoisotopic (exact) mass is 478 g/mol. The van der Waals surface area contributed by atoms with Crippen LogP contribution >= 0.6 is 0 Å². The van der Waals surface area contributed by atoms with Gasteiger partial charge in [-0.1, -0.05) is 0 Å². The number of nitrogens with one attached hydrogen (secondary N) is 1. The number of halogens is 1. The number of aromatic amines is 1. The SMILES string of the molecule is C[C@]1(C(=O)O)CC[C@H](c2c(C3CCOCC3)n(-c3ccc(F)cc3)c3cc4cn[nH]c4nc23)CO1. The molecule has 4 aromatic rings. The number of hydrogen-bond donors (Lipinski definition) is 2. The summed E-state index contributed by atoms with van der Waals surface area (Å²) in [6.45, 7) is 3.28. The topological polar surface area (TPSA) is 102 Å². The summed E-state index contributed by atoms with van der Waals surface area (Å²) in [6, 6.07) is 8.60. The van der Waals surface area contributed by atoms with Gasteiger partial charge in [0.2, 0.25) is 0 Å². The predicted octanol–water partition coefficient (Wildman–Crippen LogP) is 4.67. The third-order valence-corrected chi connectivity index (χ3v) is 7.55. The van der Waals surface area contributed by atoms with E-state index in [4.69, 9.17) is 14.5 Å². The smallest absolute Gasteiger partial charge is 0.335 e. The zero-order valence-electron chi connectivity index (χ0n) is 19.5. The maximum absolute atomic E-state index is 13.9. The second kappa shape index (κ2) is 8.42. The molecule has 2 atom stereocenters. The zero-order chi connectivity index (χ0) is 24.2. The first-order valence-corrected chi connectivity index (χ1v) is 12.0. The maximum Gasteiger partial charge on any atom is 0.335 e. The molecule has 0 amide bonds. The summed E-state index contributed by atoms with van der Waals surface area (Å²) in [5.74, 6) is -1.02. The highest BCUT2D eigenvalue weighted by Crippen LogP contribution is 2.45. The molecule has 8 nitrogen and oxygen atoms in total. The number of carboxylic acids is 1. The van der Waals surface area contributed by atoms with Crippen LogP contribution in [0.3, 0.4) is 0 Å². The molecule has 2 fully saturated rings. The summed E-state index contributed by atoms with van der Waals surface area (Å²) in [7, 11) is 0. The summed E-state index contributed by atoms with van der Waals surface area (Å²) in [5.41, 5.74) is 4.36. The molecule has 0 unspecified atom stereocenters. The Labute approximate surface area is 201 Å². The average Bonchev–Trinajstić information content (AvgIpc) is 3.46. The van der Waals surface area contributed by atoms with Crippen LogP contribution < -0.4 is 0 Å². The van der Waals surface area contributed by atoms with Crippen molar-refractivity contribution in [1.29, 1.82) is 0 Å². The van der Waals surface area contributed by atoms with Gasteiger partial charge in [0.15, 0.2) is 11.2 Å². The van der Waals surface area contributed by atoms with Gasteiger partial charge in [0.1, 0.15) is 5.82 Å². The minimum Gasteiger partial charge on any atom is -0.479 e. The number of rotatable bonds is 4. The number of hydrogen-bond acceptors (Lipinski definition) is 5. The highest BCUT2D eigenvalue weighted by Gasteiger charge is 2.41. The predicted molar refractivity (Wildman–Crippen MR) is 127 cm³/mol.